The first-order valence-electron chi connectivity index (χ1n) is 6.68. The van der Waals surface area contributed by atoms with E-state index in [4.69, 9.17) is 17.3 Å². The summed E-state index contributed by atoms with van der Waals surface area (Å²) < 4.78 is 0. The minimum atomic E-state index is 0. The number of nitrogens with one attached hydrogen (secondary N) is 1. The van der Waals surface area contributed by atoms with Crippen molar-refractivity contribution in [3.05, 3.63) is 51.7 Å². The Kier molecular flexibility index (Phi) is 9.94. The second-order valence-corrected chi connectivity index (χ2v) is 6.96. The summed E-state index contributed by atoms with van der Waals surface area (Å²) in [6, 6.07) is 12.0. The second kappa shape index (κ2) is 11.2. The predicted molar refractivity (Wildman–Crippen MR) is 110 cm³/mol. The van der Waals surface area contributed by atoms with E-state index in [1.807, 2.05) is 24.3 Å². The molecule has 0 spiro atoms. The van der Waals surface area contributed by atoms with Crippen LogP contribution in [0.4, 0.5) is 0 Å². The van der Waals surface area contributed by atoms with Gasteiger partial charge in [-0.05, 0) is 35.7 Å². The fourth-order valence-electron chi connectivity index (χ4n) is 1.68. The van der Waals surface area contributed by atoms with Gasteiger partial charge in [0.1, 0.15) is 0 Å². The van der Waals surface area contributed by atoms with E-state index in [1.165, 1.54) is 9.77 Å². The van der Waals surface area contributed by atoms with Gasteiger partial charge < -0.3 is 11.1 Å². The van der Waals surface area contributed by atoms with Gasteiger partial charge in [-0.15, -0.1) is 47.1 Å². The number of halogens is 2. The van der Waals surface area contributed by atoms with E-state index in [1.54, 1.807) is 23.1 Å². The Morgan fingerprint density at radius 3 is 2.73 bits per heavy atom. The molecule has 0 fully saturated rings. The summed E-state index contributed by atoms with van der Waals surface area (Å²) in [6.45, 7) is 1.52. The van der Waals surface area contributed by atoms with E-state index < -0.39 is 0 Å². The van der Waals surface area contributed by atoms with Gasteiger partial charge in [0.05, 0.1) is 0 Å². The lowest BCUT2D eigenvalue weighted by Gasteiger charge is -2.05. The third kappa shape index (κ3) is 7.71. The van der Waals surface area contributed by atoms with Gasteiger partial charge in [0, 0.05) is 40.1 Å². The van der Waals surface area contributed by atoms with E-state index in [9.17, 15) is 0 Å². The van der Waals surface area contributed by atoms with Crippen molar-refractivity contribution in [2.45, 2.75) is 11.3 Å². The summed E-state index contributed by atoms with van der Waals surface area (Å²) in [7, 11) is 0. The van der Waals surface area contributed by atoms with Gasteiger partial charge >= 0.3 is 0 Å². The summed E-state index contributed by atoms with van der Waals surface area (Å²) in [5, 5.41) is 5.97. The van der Waals surface area contributed by atoms with E-state index in [-0.39, 0.29) is 24.0 Å². The molecule has 0 aliphatic carbocycles. The number of benzene rings is 1. The lowest BCUT2D eigenvalue weighted by Crippen LogP contribution is -2.33. The molecule has 0 saturated carbocycles. The van der Waals surface area contributed by atoms with Gasteiger partial charge in [-0.2, -0.15) is 0 Å². The highest BCUT2D eigenvalue weighted by Gasteiger charge is 1.96. The maximum absolute atomic E-state index is 5.85. The van der Waals surface area contributed by atoms with Crippen LogP contribution in [0.5, 0.6) is 0 Å². The van der Waals surface area contributed by atoms with E-state index >= 15 is 0 Å². The first-order valence-corrected chi connectivity index (χ1v) is 8.93. The number of hydrogen-bond acceptors (Lipinski definition) is 3. The Balaban J connectivity index is 0.00000242. The Bertz CT molecular complexity index is 559. The fourth-order valence-corrected chi connectivity index (χ4v) is 3.27. The molecule has 0 saturated heterocycles. The van der Waals surface area contributed by atoms with Crippen LogP contribution in [0.2, 0.25) is 5.02 Å². The van der Waals surface area contributed by atoms with Crippen molar-refractivity contribution in [1.29, 1.82) is 0 Å². The van der Waals surface area contributed by atoms with Gasteiger partial charge in [-0.1, -0.05) is 17.7 Å². The third-order valence-electron chi connectivity index (χ3n) is 2.71. The number of thiophene rings is 1. The maximum Gasteiger partial charge on any atom is 0.188 e. The van der Waals surface area contributed by atoms with Crippen LogP contribution >= 0.6 is 58.7 Å². The number of thioether (sulfide) groups is 1. The molecule has 0 bridgehead atoms. The Hall–Kier alpha value is -0.440. The average Bonchev–Trinajstić information content (AvgIpc) is 2.99. The van der Waals surface area contributed by atoms with Crippen LogP contribution in [-0.4, -0.2) is 24.8 Å². The molecular weight excluding hydrogens is 449 g/mol. The Morgan fingerprint density at radius 1 is 1.27 bits per heavy atom. The highest BCUT2D eigenvalue weighted by Crippen LogP contribution is 2.19. The average molecular weight is 468 g/mol. The van der Waals surface area contributed by atoms with Crippen molar-refractivity contribution >= 4 is 64.6 Å². The molecule has 1 aromatic heterocycles. The van der Waals surface area contributed by atoms with Crippen LogP contribution in [0.25, 0.3) is 0 Å². The van der Waals surface area contributed by atoms with Gasteiger partial charge in [0.2, 0.25) is 0 Å². The molecule has 3 nitrogen and oxygen atoms in total. The lowest BCUT2D eigenvalue weighted by atomic mass is 10.3. The molecule has 0 amide bonds. The summed E-state index contributed by atoms with van der Waals surface area (Å²) in [5.41, 5.74) is 5.83. The zero-order valence-electron chi connectivity index (χ0n) is 12.0. The normalized spacial score (nSPS) is 11.0. The van der Waals surface area contributed by atoms with Crippen LogP contribution in [0, 0.1) is 0 Å². The summed E-state index contributed by atoms with van der Waals surface area (Å²) in [5.74, 6) is 1.45. The Morgan fingerprint density at radius 2 is 2.05 bits per heavy atom. The molecular formula is C15H19ClIN3S2. The standard InChI is InChI=1S/C15H18ClN3S2.HI/c16-12-3-5-14(6-4-12)21-11-9-19-15(17)18-8-7-13-2-1-10-20-13;/h1-6,10H,7-9,11H2,(H3,17,18,19);1H. The van der Waals surface area contributed by atoms with Gasteiger partial charge in [-0.3, -0.25) is 4.99 Å². The van der Waals surface area contributed by atoms with E-state index in [0.29, 0.717) is 5.96 Å². The molecule has 0 aliphatic heterocycles. The molecule has 1 heterocycles. The number of nitrogens with zero attached hydrogens (tertiary/aromatic N) is 1. The van der Waals surface area contributed by atoms with Crippen molar-refractivity contribution in [1.82, 2.24) is 5.32 Å². The largest absolute Gasteiger partial charge is 0.370 e. The summed E-state index contributed by atoms with van der Waals surface area (Å²) in [4.78, 5) is 6.86. The first-order chi connectivity index (χ1) is 10.2. The summed E-state index contributed by atoms with van der Waals surface area (Å²) in [6.07, 6.45) is 0.944. The van der Waals surface area contributed by atoms with Crippen LogP contribution in [0.1, 0.15) is 4.88 Å². The lowest BCUT2D eigenvalue weighted by molar-refractivity contribution is 0.917. The van der Waals surface area contributed by atoms with Crippen molar-refractivity contribution in [3.8, 4) is 0 Å². The monoisotopic (exact) mass is 467 g/mol. The summed E-state index contributed by atoms with van der Waals surface area (Å²) >= 11 is 9.36. The molecule has 3 N–H and O–H groups in total. The number of rotatable bonds is 7. The molecule has 120 valence electrons. The SMILES string of the molecule is I.NC(=NCCc1cccs1)NCCSc1ccc(Cl)cc1. The number of aliphatic imine (C=N–C) groups is 1. The zero-order valence-corrected chi connectivity index (χ0v) is 16.7. The molecule has 0 atom stereocenters. The minimum absolute atomic E-state index is 0. The van der Waals surface area contributed by atoms with Gasteiger partial charge in [0.25, 0.3) is 0 Å². The zero-order chi connectivity index (χ0) is 14.9. The molecule has 1 aromatic carbocycles. The van der Waals surface area contributed by atoms with Crippen molar-refractivity contribution in [3.63, 3.8) is 0 Å². The topological polar surface area (TPSA) is 50.4 Å². The minimum Gasteiger partial charge on any atom is -0.370 e. The molecule has 0 radical (unpaired) electrons. The second-order valence-electron chi connectivity index (χ2n) is 4.33. The van der Waals surface area contributed by atoms with Crippen molar-refractivity contribution in [2.75, 3.05) is 18.8 Å². The number of hydrogen-bond donors (Lipinski definition) is 2. The van der Waals surface area contributed by atoms with Crippen LogP contribution < -0.4 is 11.1 Å². The molecule has 0 unspecified atom stereocenters. The van der Waals surface area contributed by atoms with E-state index in [0.717, 1.165) is 30.3 Å². The van der Waals surface area contributed by atoms with Gasteiger partial charge in [0.15, 0.2) is 5.96 Å². The fraction of sp³-hybridized carbons (Fsp3) is 0.267. The third-order valence-corrected chi connectivity index (χ3v) is 4.91. The highest BCUT2D eigenvalue weighted by molar-refractivity contribution is 14.0. The first kappa shape index (κ1) is 19.6. The molecule has 0 aliphatic rings. The van der Waals surface area contributed by atoms with Crippen molar-refractivity contribution in [2.24, 2.45) is 10.7 Å². The number of guanidine groups is 1. The van der Waals surface area contributed by atoms with Crippen molar-refractivity contribution < 1.29 is 0 Å². The van der Waals surface area contributed by atoms with Crippen LogP contribution in [0.3, 0.4) is 0 Å². The molecule has 7 heteroatoms. The van der Waals surface area contributed by atoms with Crippen LogP contribution in [0.15, 0.2) is 51.7 Å². The smallest absolute Gasteiger partial charge is 0.188 e. The predicted octanol–water partition coefficient (Wildman–Crippen LogP) is 4.26. The molecule has 22 heavy (non-hydrogen) atoms. The Labute approximate surface area is 161 Å². The quantitative estimate of drug-likeness (QED) is 0.210. The molecule has 2 aromatic rings. The van der Waals surface area contributed by atoms with Gasteiger partial charge in [-0.25, -0.2) is 0 Å². The van der Waals surface area contributed by atoms with Crippen LogP contribution in [-0.2, 0) is 6.42 Å². The van der Waals surface area contributed by atoms with E-state index in [2.05, 4.69) is 27.8 Å². The maximum atomic E-state index is 5.85. The molecule has 2 rings (SSSR count). The number of nitrogens with two attached hydrogens (primary N) is 1. The highest BCUT2D eigenvalue weighted by atomic mass is 127.